The van der Waals surface area contributed by atoms with Gasteiger partial charge < -0.3 is 9.32 Å². The molecule has 0 N–H and O–H groups in total. The average molecular weight is 393 g/mol. The van der Waals surface area contributed by atoms with Crippen LogP contribution in [0.1, 0.15) is 24.2 Å². The Morgan fingerprint density at radius 1 is 1.14 bits per heavy atom. The van der Waals surface area contributed by atoms with E-state index in [4.69, 9.17) is 4.42 Å². The van der Waals surface area contributed by atoms with Gasteiger partial charge in [-0.05, 0) is 17.7 Å². The van der Waals surface area contributed by atoms with Crippen molar-refractivity contribution in [3.8, 4) is 0 Å². The third-order valence-corrected chi connectivity index (χ3v) is 4.11. The van der Waals surface area contributed by atoms with E-state index in [-0.39, 0.29) is 43.3 Å². The Balaban J connectivity index is 1.80. The standard InChI is InChI=1S/C19H18F3N3O3/c20-19(21,22)13-24(12-15-7-4-10-28-15)18(27)16-8-9-17(26)25(23-16)11-14-5-2-1-3-6-14/h1-7,10H,8-9,11-13H2. The predicted molar refractivity (Wildman–Crippen MR) is 93.8 cm³/mol. The highest BCUT2D eigenvalue weighted by atomic mass is 19.4. The molecule has 1 aromatic heterocycles. The van der Waals surface area contributed by atoms with Crippen molar-refractivity contribution >= 4 is 17.5 Å². The van der Waals surface area contributed by atoms with Crippen LogP contribution in [-0.4, -0.2) is 40.2 Å². The van der Waals surface area contributed by atoms with E-state index in [0.717, 1.165) is 10.6 Å². The first-order valence-electron chi connectivity index (χ1n) is 8.62. The molecule has 0 atom stereocenters. The molecule has 1 aliphatic heterocycles. The first-order chi connectivity index (χ1) is 13.3. The molecule has 3 rings (SSSR count). The predicted octanol–water partition coefficient (Wildman–Crippen LogP) is 3.35. The zero-order valence-corrected chi connectivity index (χ0v) is 14.9. The highest BCUT2D eigenvalue weighted by Crippen LogP contribution is 2.21. The summed E-state index contributed by atoms with van der Waals surface area (Å²) >= 11 is 0. The van der Waals surface area contributed by atoms with E-state index in [1.54, 1.807) is 24.3 Å². The van der Waals surface area contributed by atoms with Crippen molar-refractivity contribution in [3.63, 3.8) is 0 Å². The highest BCUT2D eigenvalue weighted by Gasteiger charge is 2.36. The molecule has 2 heterocycles. The lowest BCUT2D eigenvalue weighted by Crippen LogP contribution is -2.44. The monoisotopic (exact) mass is 393 g/mol. The first-order valence-corrected chi connectivity index (χ1v) is 8.62. The Morgan fingerprint density at radius 3 is 2.54 bits per heavy atom. The third kappa shape index (κ3) is 5.21. The Hall–Kier alpha value is -3.10. The number of benzene rings is 1. The number of amides is 2. The van der Waals surface area contributed by atoms with Crippen molar-refractivity contribution in [1.82, 2.24) is 9.91 Å². The van der Waals surface area contributed by atoms with Crippen molar-refractivity contribution < 1.29 is 27.2 Å². The molecule has 0 spiro atoms. The fourth-order valence-corrected chi connectivity index (χ4v) is 2.82. The number of halogens is 3. The van der Waals surface area contributed by atoms with Gasteiger partial charge in [0.25, 0.3) is 5.91 Å². The SMILES string of the molecule is O=C(C1=NN(Cc2ccccc2)C(=O)CC1)N(Cc1ccco1)CC(F)(F)F. The molecular weight excluding hydrogens is 375 g/mol. The highest BCUT2D eigenvalue weighted by molar-refractivity contribution is 6.39. The smallest absolute Gasteiger partial charge is 0.406 e. The van der Waals surface area contributed by atoms with Gasteiger partial charge in [0, 0.05) is 12.8 Å². The molecule has 0 saturated heterocycles. The molecule has 1 aliphatic rings. The Bertz CT molecular complexity index is 848. The quantitative estimate of drug-likeness (QED) is 0.756. The van der Waals surface area contributed by atoms with Gasteiger partial charge in [-0.3, -0.25) is 9.59 Å². The van der Waals surface area contributed by atoms with Crippen LogP contribution >= 0.6 is 0 Å². The lowest BCUT2D eigenvalue weighted by molar-refractivity contribution is -0.159. The minimum Gasteiger partial charge on any atom is -0.467 e. The molecule has 0 saturated carbocycles. The molecule has 28 heavy (non-hydrogen) atoms. The van der Waals surface area contributed by atoms with Gasteiger partial charge in [0.05, 0.1) is 19.4 Å². The number of furan rings is 1. The van der Waals surface area contributed by atoms with Gasteiger partial charge in [-0.1, -0.05) is 30.3 Å². The van der Waals surface area contributed by atoms with Gasteiger partial charge in [-0.2, -0.15) is 18.3 Å². The summed E-state index contributed by atoms with van der Waals surface area (Å²) in [7, 11) is 0. The molecule has 0 fully saturated rings. The van der Waals surface area contributed by atoms with Crippen LogP contribution in [0.3, 0.4) is 0 Å². The first kappa shape index (κ1) is 19.7. The topological polar surface area (TPSA) is 66.1 Å². The van der Waals surface area contributed by atoms with Crippen molar-refractivity contribution in [1.29, 1.82) is 0 Å². The number of carbonyl (C=O) groups excluding carboxylic acids is 2. The normalized spacial score (nSPS) is 14.8. The van der Waals surface area contributed by atoms with Gasteiger partial charge in [-0.15, -0.1) is 0 Å². The van der Waals surface area contributed by atoms with E-state index in [0.29, 0.717) is 4.90 Å². The van der Waals surface area contributed by atoms with E-state index in [1.165, 1.54) is 18.4 Å². The second-order valence-corrected chi connectivity index (χ2v) is 6.34. The molecule has 148 valence electrons. The van der Waals surface area contributed by atoms with Gasteiger partial charge in [-0.25, -0.2) is 5.01 Å². The van der Waals surface area contributed by atoms with Gasteiger partial charge in [0.2, 0.25) is 5.91 Å². The summed E-state index contributed by atoms with van der Waals surface area (Å²) in [5.74, 6) is -0.917. The van der Waals surface area contributed by atoms with Crippen LogP contribution in [0.4, 0.5) is 13.2 Å². The van der Waals surface area contributed by atoms with Crippen LogP contribution in [0.15, 0.2) is 58.2 Å². The van der Waals surface area contributed by atoms with Crippen LogP contribution in [0.25, 0.3) is 0 Å². The summed E-state index contributed by atoms with van der Waals surface area (Å²) in [5.41, 5.74) is 0.724. The van der Waals surface area contributed by atoms with E-state index in [9.17, 15) is 22.8 Å². The third-order valence-electron chi connectivity index (χ3n) is 4.11. The number of nitrogens with zero attached hydrogens (tertiary/aromatic N) is 3. The molecule has 6 nitrogen and oxygen atoms in total. The number of hydrogen-bond acceptors (Lipinski definition) is 4. The number of rotatable bonds is 6. The summed E-state index contributed by atoms with van der Waals surface area (Å²) in [4.78, 5) is 25.5. The summed E-state index contributed by atoms with van der Waals surface area (Å²) in [6.07, 6.45) is -3.24. The molecule has 1 aromatic carbocycles. The van der Waals surface area contributed by atoms with Crippen molar-refractivity contribution in [2.45, 2.75) is 32.1 Å². The second-order valence-electron chi connectivity index (χ2n) is 6.34. The maximum atomic E-state index is 13.0. The maximum Gasteiger partial charge on any atom is 0.406 e. The van der Waals surface area contributed by atoms with Crippen LogP contribution in [0, 0.1) is 0 Å². The van der Waals surface area contributed by atoms with Crippen LogP contribution in [0.5, 0.6) is 0 Å². The second kappa shape index (κ2) is 8.28. The molecule has 0 aliphatic carbocycles. The van der Waals surface area contributed by atoms with Gasteiger partial charge >= 0.3 is 6.18 Å². The molecule has 2 aromatic rings. The summed E-state index contributed by atoms with van der Waals surface area (Å²) in [6, 6.07) is 12.0. The van der Waals surface area contributed by atoms with E-state index < -0.39 is 18.6 Å². The lowest BCUT2D eigenvalue weighted by Gasteiger charge is -2.27. The van der Waals surface area contributed by atoms with Gasteiger partial charge in [0.15, 0.2) is 0 Å². The lowest BCUT2D eigenvalue weighted by atomic mass is 10.1. The van der Waals surface area contributed by atoms with E-state index in [1.807, 2.05) is 6.07 Å². The zero-order chi connectivity index (χ0) is 20.1. The summed E-state index contributed by atoms with van der Waals surface area (Å²) < 4.78 is 43.9. The average Bonchev–Trinajstić information content (AvgIpc) is 3.15. The molecule has 0 unspecified atom stereocenters. The maximum absolute atomic E-state index is 13.0. The van der Waals surface area contributed by atoms with E-state index in [2.05, 4.69) is 5.10 Å². The molecule has 0 radical (unpaired) electrons. The number of carbonyl (C=O) groups is 2. The number of alkyl halides is 3. The Labute approximate surface area is 159 Å². The largest absolute Gasteiger partial charge is 0.467 e. The molecule has 9 heteroatoms. The van der Waals surface area contributed by atoms with Gasteiger partial charge in [0.1, 0.15) is 18.0 Å². The fourth-order valence-electron chi connectivity index (χ4n) is 2.82. The Morgan fingerprint density at radius 2 is 1.89 bits per heavy atom. The van der Waals surface area contributed by atoms with Crippen LogP contribution < -0.4 is 0 Å². The summed E-state index contributed by atoms with van der Waals surface area (Å²) in [6.45, 7) is -1.62. The van der Waals surface area contributed by atoms with Crippen molar-refractivity contribution in [3.05, 3.63) is 60.1 Å². The van der Waals surface area contributed by atoms with Crippen molar-refractivity contribution in [2.75, 3.05) is 6.54 Å². The molecule has 0 bridgehead atoms. The van der Waals surface area contributed by atoms with Crippen molar-refractivity contribution in [2.24, 2.45) is 5.10 Å². The van der Waals surface area contributed by atoms with Crippen LogP contribution in [0.2, 0.25) is 0 Å². The number of hydrazone groups is 1. The zero-order valence-electron chi connectivity index (χ0n) is 14.9. The Kier molecular flexibility index (Phi) is 5.81. The minimum atomic E-state index is -4.57. The fraction of sp³-hybridized carbons (Fsp3) is 0.316. The summed E-state index contributed by atoms with van der Waals surface area (Å²) in [5, 5.41) is 5.18. The minimum absolute atomic E-state index is 0.00450. The van der Waals surface area contributed by atoms with E-state index >= 15 is 0 Å². The molecule has 2 amide bonds. The molecular formula is C19H18F3N3O3. The van der Waals surface area contributed by atoms with Crippen LogP contribution in [-0.2, 0) is 22.7 Å². The number of hydrogen-bond donors (Lipinski definition) is 0.